The van der Waals surface area contributed by atoms with Gasteiger partial charge in [0.05, 0.1) is 11.0 Å². The molecule has 1 aromatic rings. The highest BCUT2D eigenvalue weighted by molar-refractivity contribution is 7.89. The van der Waals surface area contributed by atoms with Crippen molar-refractivity contribution in [2.24, 2.45) is 0 Å². The lowest BCUT2D eigenvalue weighted by Gasteiger charge is -2.22. The zero-order chi connectivity index (χ0) is 15.3. The largest absolute Gasteiger partial charge is 0.388 e. The first-order valence-corrected chi connectivity index (χ1v) is 7.98. The number of rotatable bonds is 6. The minimum atomic E-state index is -3.56. The standard InChI is InChI=1S/C14H21N3O2S/c1-5-17(8-6-7-15)20(18,19)14-11(2)9-13(16-4)10-12(14)3/h9-10,16H,5-6,8H2,1-4H3. The van der Waals surface area contributed by atoms with Crippen molar-refractivity contribution in [1.29, 1.82) is 5.26 Å². The fraction of sp³-hybridized carbons (Fsp3) is 0.500. The molecule has 0 aliphatic heterocycles. The summed E-state index contributed by atoms with van der Waals surface area (Å²) in [6.07, 6.45) is 0.194. The smallest absolute Gasteiger partial charge is 0.243 e. The van der Waals surface area contributed by atoms with Crippen LogP contribution in [-0.2, 0) is 10.0 Å². The van der Waals surface area contributed by atoms with Crippen LogP contribution in [0.15, 0.2) is 17.0 Å². The van der Waals surface area contributed by atoms with Gasteiger partial charge in [0.25, 0.3) is 0 Å². The SMILES string of the molecule is CCN(CCC#N)S(=O)(=O)c1c(C)cc(NC)cc1C. The molecule has 0 aromatic heterocycles. The van der Waals surface area contributed by atoms with E-state index in [-0.39, 0.29) is 13.0 Å². The first kappa shape index (κ1) is 16.5. The second-order valence-electron chi connectivity index (χ2n) is 4.59. The predicted molar refractivity (Wildman–Crippen MR) is 80.1 cm³/mol. The van der Waals surface area contributed by atoms with Gasteiger partial charge in [-0.25, -0.2) is 8.42 Å². The maximum Gasteiger partial charge on any atom is 0.243 e. The first-order valence-electron chi connectivity index (χ1n) is 6.54. The summed E-state index contributed by atoms with van der Waals surface area (Å²) in [5, 5.41) is 11.7. The maximum atomic E-state index is 12.7. The van der Waals surface area contributed by atoms with E-state index in [0.29, 0.717) is 22.6 Å². The maximum absolute atomic E-state index is 12.7. The number of anilines is 1. The molecule has 0 saturated heterocycles. The van der Waals surface area contributed by atoms with Gasteiger partial charge in [0.1, 0.15) is 0 Å². The molecule has 0 atom stereocenters. The van der Waals surface area contributed by atoms with E-state index < -0.39 is 10.0 Å². The van der Waals surface area contributed by atoms with E-state index in [4.69, 9.17) is 5.26 Å². The van der Waals surface area contributed by atoms with Gasteiger partial charge in [-0.3, -0.25) is 0 Å². The van der Waals surface area contributed by atoms with Crippen LogP contribution in [0, 0.1) is 25.2 Å². The molecule has 0 heterocycles. The summed E-state index contributed by atoms with van der Waals surface area (Å²) < 4.78 is 26.8. The molecule has 0 radical (unpaired) electrons. The van der Waals surface area contributed by atoms with Crippen molar-refractivity contribution >= 4 is 15.7 Å². The second-order valence-corrected chi connectivity index (χ2v) is 6.47. The van der Waals surface area contributed by atoms with Crippen LogP contribution in [-0.4, -0.2) is 32.9 Å². The third-order valence-electron chi connectivity index (χ3n) is 3.17. The number of benzene rings is 1. The van der Waals surface area contributed by atoms with Crippen molar-refractivity contribution in [2.75, 3.05) is 25.5 Å². The molecule has 0 aliphatic carbocycles. The summed E-state index contributed by atoms with van der Waals surface area (Å²) in [5.41, 5.74) is 2.31. The molecule has 0 saturated carbocycles. The van der Waals surface area contributed by atoms with E-state index in [0.717, 1.165) is 5.69 Å². The Labute approximate surface area is 121 Å². The van der Waals surface area contributed by atoms with Gasteiger partial charge in [0, 0.05) is 32.2 Å². The Bertz CT molecular complexity index is 595. The average Bonchev–Trinajstić information content (AvgIpc) is 2.37. The molecule has 0 aliphatic rings. The zero-order valence-electron chi connectivity index (χ0n) is 12.4. The predicted octanol–water partition coefficient (Wildman–Crippen LogP) is 2.27. The van der Waals surface area contributed by atoms with Crippen LogP contribution in [0.25, 0.3) is 0 Å². The van der Waals surface area contributed by atoms with E-state index in [1.807, 2.05) is 18.2 Å². The molecule has 0 bridgehead atoms. The van der Waals surface area contributed by atoms with E-state index in [9.17, 15) is 8.42 Å². The average molecular weight is 295 g/mol. The summed E-state index contributed by atoms with van der Waals surface area (Å²) in [6.45, 7) is 5.94. The van der Waals surface area contributed by atoms with E-state index in [1.165, 1.54) is 4.31 Å². The third-order valence-corrected chi connectivity index (χ3v) is 5.45. The Hall–Kier alpha value is -1.58. The molecule has 5 nitrogen and oxygen atoms in total. The number of aryl methyl sites for hydroxylation is 2. The fourth-order valence-electron chi connectivity index (χ4n) is 2.25. The van der Waals surface area contributed by atoms with Crippen LogP contribution < -0.4 is 5.32 Å². The fourth-order valence-corrected chi connectivity index (χ4v) is 4.11. The van der Waals surface area contributed by atoms with Crippen LogP contribution >= 0.6 is 0 Å². The zero-order valence-corrected chi connectivity index (χ0v) is 13.2. The third kappa shape index (κ3) is 3.30. The van der Waals surface area contributed by atoms with Crippen molar-refractivity contribution in [3.63, 3.8) is 0 Å². The molecular weight excluding hydrogens is 274 g/mol. The first-order chi connectivity index (χ1) is 9.38. The molecule has 0 unspecified atom stereocenters. The summed E-state index contributed by atoms with van der Waals surface area (Å²) in [4.78, 5) is 0.344. The van der Waals surface area contributed by atoms with E-state index >= 15 is 0 Å². The Kier molecular flexibility index (Phi) is 5.54. The Morgan fingerprint density at radius 3 is 2.25 bits per heavy atom. The molecule has 1 N–H and O–H groups in total. The lowest BCUT2D eigenvalue weighted by Crippen LogP contribution is -2.32. The number of nitriles is 1. The highest BCUT2D eigenvalue weighted by atomic mass is 32.2. The number of nitrogens with zero attached hydrogens (tertiary/aromatic N) is 2. The van der Waals surface area contributed by atoms with Crippen molar-refractivity contribution in [3.05, 3.63) is 23.3 Å². The lowest BCUT2D eigenvalue weighted by atomic mass is 10.1. The van der Waals surface area contributed by atoms with Crippen LogP contribution in [0.2, 0.25) is 0 Å². The van der Waals surface area contributed by atoms with Crippen molar-refractivity contribution in [3.8, 4) is 6.07 Å². The number of hydrogen-bond acceptors (Lipinski definition) is 4. The van der Waals surface area contributed by atoms with Gasteiger partial charge in [-0.05, 0) is 37.1 Å². The van der Waals surface area contributed by atoms with Gasteiger partial charge in [-0.2, -0.15) is 9.57 Å². The van der Waals surface area contributed by atoms with Gasteiger partial charge in [-0.15, -0.1) is 0 Å². The second kappa shape index (κ2) is 6.73. The molecule has 0 spiro atoms. The van der Waals surface area contributed by atoms with Gasteiger partial charge < -0.3 is 5.32 Å². The van der Waals surface area contributed by atoms with Crippen LogP contribution in [0.3, 0.4) is 0 Å². The minimum absolute atomic E-state index is 0.194. The van der Waals surface area contributed by atoms with Crippen LogP contribution in [0.4, 0.5) is 5.69 Å². The van der Waals surface area contributed by atoms with Gasteiger partial charge in [-0.1, -0.05) is 6.92 Å². The lowest BCUT2D eigenvalue weighted by molar-refractivity contribution is 0.434. The molecule has 1 rings (SSSR count). The molecule has 1 aromatic carbocycles. The van der Waals surface area contributed by atoms with Crippen LogP contribution in [0.5, 0.6) is 0 Å². The number of hydrogen-bond donors (Lipinski definition) is 1. The van der Waals surface area contributed by atoms with Gasteiger partial charge in [0.15, 0.2) is 0 Å². The van der Waals surface area contributed by atoms with Gasteiger partial charge >= 0.3 is 0 Å². The van der Waals surface area contributed by atoms with Gasteiger partial charge in [0.2, 0.25) is 10.0 Å². The highest BCUT2D eigenvalue weighted by Crippen LogP contribution is 2.27. The molecule has 0 amide bonds. The molecular formula is C14H21N3O2S. The van der Waals surface area contributed by atoms with Crippen molar-refractivity contribution < 1.29 is 8.42 Å². The molecule has 0 fully saturated rings. The van der Waals surface area contributed by atoms with Crippen molar-refractivity contribution in [1.82, 2.24) is 4.31 Å². The monoisotopic (exact) mass is 295 g/mol. The molecule has 20 heavy (non-hydrogen) atoms. The highest BCUT2D eigenvalue weighted by Gasteiger charge is 2.26. The van der Waals surface area contributed by atoms with E-state index in [1.54, 1.807) is 27.8 Å². The number of sulfonamides is 1. The molecule has 6 heteroatoms. The Morgan fingerprint density at radius 1 is 1.30 bits per heavy atom. The summed E-state index contributed by atoms with van der Waals surface area (Å²) in [5.74, 6) is 0. The molecule has 110 valence electrons. The summed E-state index contributed by atoms with van der Waals surface area (Å²) in [7, 11) is -1.76. The van der Waals surface area contributed by atoms with E-state index in [2.05, 4.69) is 5.32 Å². The minimum Gasteiger partial charge on any atom is -0.388 e. The summed E-state index contributed by atoms with van der Waals surface area (Å²) >= 11 is 0. The number of nitrogens with one attached hydrogen (secondary N) is 1. The normalized spacial score (nSPS) is 11.4. The van der Waals surface area contributed by atoms with Crippen LogP contribution in [0.1, 0.15) is 24.5 Å². The topological polar surface area (TPSA) is 73.2 Å². The van der Waals surface area contributed by atoms with Crippen molar-refractivity contribution in [2.45, 2.75) is 32.1 Å². The quantitative estimate of drug-likeness (QED) is 0.873. The Morgan fingerprint density at radius 2 is 1.85 bits per heavy atom. The Balaban J connectivity index is 3.31. The summed E-state index contributed by atoms with van der Waals surface area (Å²) in [6, 6.07) is 5.62.